The molecule has 0 fully saturated rings. The molecular formula is C15H17NO2. The molecule has 0 aliphatic heterocycles. The molecule has 3 heteroatoms. The number of hydrogen-bond acceptors (Lipinski definition) is 2. The molecule has 0 atom stereocenters. The van der Waals surface area contributed by atoms with Crippen molar-refractivity contribution in [2.75, 3.05) is 6.61 Å². The Hall–Kier alpha value is -2.03. The third-order valence-electron chi connectivity index (χ3n) is 2.75. The van der Waals surface area contributed by atoms with Crippen molar-refractivity contribution in [2.45, 2.75) is 20.4 Å². The van der Waals surface area contributed by atoms with Gasteiger partial charge in [0, 0.05) is 12.3 Å². The van der Waals surface area contributed by atoms with Crippen LogP contribution in [0.1, 0.15) is 11.1 Å². The van der Waals surface area contributed by atoms with E-state index in [4.69, 9.17) is 4.74 Å². The molecule has 0 saturated heterocycles. The summed E-state index contributed by atoms with van der Waals surface area (Å²) in [7, 11) is 0. The molecule has 2 aromatic rings. The van der Waals surface area contributed by atoms with E-state index in [-0.39, 0.29) is 5.56 Å². The third kappa shape index (κ3) is 3.23. The van der Waals surface area contributed by atoms with Crippen LogP contribution < -0.4 is 10.3 Å². The van der Waals surface area contributed by atoms with Crippen molar-refractivity contribution < 1.29 is 4.74 Å². The zero-order valence-electron chi connectivity index (χ0n) is 10.7. The second kappa shape index (κ2) is 5.54. The summed E-state index contributed by atoms with van der Waals surface area (Å²) >= 11 is 0. The van der Waals surface area contributed by atoms with Gasteiger partial charge in [0.1, 0.15) is 12.4 Å². The quantitative estimate of drug-likeness (QED) is 0.826. The Labute approximate surface area is 107 Å². The predicted octanol–water partition coefficient (Wildman–Crippen LogP) is 2.54. The Morgan fingerprint density at radius 2 is 1.67 bits per heavy atom. The zero-order valence-corrected chi connectivity index (χ0v) is 10.7. The molecule has 18 heavy (non-hydrogen) atoms. The molecule has 0 aliphatic carbocycles. The van der Waals surface area contributed by atoms with E-state index >= 15 is 0 Å². The molecule has 1 aromatic carbocycles. The highest BCUT2D eigenvalue weighted by molar-refractivity contribution is 5.26. The molecule has 0 unspecified atom stereocenters. The fourth-order valence-electron chi connectivity index (χ4n) is 1.72. The van der Waals surface area contributed by atoms with Gasteiger partial charge in [-0.15, -0.1) is 0 Å². The van der Waals surface area contributed by atoms with Crippen LogP contribution in [0.2, 0.25) is 0 Å². The predicted molar refractivity (Wildman–Crippen MR) is 72.1 cm³/mol. The number of pyridine rings is 1. The van der Waals surface area contributed by atoms with Gasteiger partial charge in [-0.2, -0.15) is 0 Å². The lowest BCUT2D eigenvalue weighted by molar-refractivity contribution is 0.296. The molecule has 94 valence electrons. The molecule has 0 bridgehead atoms. The lowest BCUT2D eigenvalue weighted by Crippen LogP contribution is -2.21. The van der Waals surface area contributed by atoms with E-state index in [1.54, 1.807) is 10.6 Å². The van der Waals surface area contributed by atoms with Crippen molar-refractivity contribution in [3.63, 3.8) is 0 Å². The largest absolute Gasteiger partial charge is 0.492 e. The monoisotopic (exact) mass is 243 g/mol. The molecule has 2 rings (SSSR count). The second-order valence-electron chi connectivity index (χ2n) is 4.40. The van der Waals surface area contributed by atoms with Gasteiger partial charge >= 0.3 is 0 Å². The molecule has 0 saturated carbocycles. The SMILES string of the molecule is Cc1ccc(OCCn2cc(C)ccc2=O)cc1. The van der Waals surface area contributed by atoms with Gasteiger partial charge in [0.05, 0.1) is 6.54 Å². The molecule has 1 aromatic heterocycles. The molecule has 3 nitrogen and oxygen atoms in total. The molecule has 0 N–H and O–H groups in total. The van der Waals surface area contributed by atoms with E-state index in [1.807, 2.05) is 50.4 Å². The minimum absolute atomic E-state index is 0.00751. The molecule has 0 aliphatic rings. The number of hydrogen-bond donors (Lipinski definition) is 0. The lowest BCUT2D eigenvalue weighted by Gasteiger charge is -2.09. The smallest absolute Gasteiger partial charge is 0.250 e. The number of rotatable bonds is 4. The molecule has 0 radical (unpaired) electrons. The number of benzene rings is 1. The Bertz CT molecular complexity index is 570. The highest BCUT2D eigenvalue weighted by Crippen LogP contribution is 2.11. The third-order valence-corrected chi connectivity index (χ3v) is 2.75. The van der Waals surface area contributed by atoms with Gasteiger partial charge in [0.25, 0.3) is 5.56 Å². The van der Waals surface area contributed by atoms with Gasteiger partial charge in [-0.05, 0) is 31.5 Å². The molecule has 0 amide bonds. The van der Waals surface area contributed by atoms with Gasteiger partial charge in [-0.1, -0.05) is 23.8 Å². The summed E-state index contributed by atoms with van der Waals surface area (Å²) in [5.41, 5.74) is 2.29. The van der Waals surface area contributed by atoms with Crippen molar-refractivity contribution in [2.24, 2.45) is 0 Å². The first-order chi connectivity index (χ1) is 8.65. The first kappa shape index (κ1) is 12.4. The number of nitrogens with zero attached hydrogens (tertiary/aromatic N) is 1. The van der Waals surface area contributed by atoms with Gasteiger partial charge in [0.2, 0.25) is 0 Å². The van der Waals surface area contributed by atoms with Crippen LogP contribution in [-0.4, -0.2) is 11.2 Å². The second-order valence-corrected chi connectivity index (χ2v) is 4.40. The van der Waals surface area contributed by atoms with Crippen LogP contribution in [0, 0.1) is 13.8 Å². The van der Waals surface area contributed by atoms with Gasteiger partial charge in [0.15, 0.2) is 0 Å². The highest BCUT2D eigenvalue weighted by Gasteiger charge is 1.97. The first-order valence-corrected chi connectivity index (χ1v) is 6.02. The van der Waals surface area contributed by atoms with E-state index in [1.165, 1.54) is 5.56 Å². The van der Waals surface area contributed by atoms with Crippen LogP contribution in [0.15, 0.2) is 47.4 Å². The van der Waals surface area contributed by atoms with Crippen LogP contribution >= 0.6 is 0 Å². The van der Waals surface area contributed by atoms with Crippen LogP contribution in [0.4, 0.5) is 0 Å². The van der Waals surface area contributed by atoms with E-state index in [2.05, 4.69) is 0 Å². The van der Waals surface area contributed by atoms with Crippen LogP contribution in [0.3, 0.4) is 0 Å². The standard InChI is InChI=1S/C15H17NO2/c1-12-3-6-14(7-4-12)18-10-9-16-11-13(2)5-8-15(16)17/h3-8,11H,9-10H2,1-2H3. The van der Waals surface area contributed by atoms with E-state index in [0.717, 1.165) is 11.3 Å². The van der Waals surface area contributed by atoms with Crippen LogP contribution in [0.25, 0.3) is 0 Å². The maximum absolute atomic E-state index is 11.6. The summed E-state index contributed by atoms with van der Waals surface area (Å²) in [4.78, 5) is 11.6. The maximum atomic E-state index is 11.6. The Morgan fingerprint density at radius 3 is 2.39 bits per heavy atom. The summed E-state index contributed by atoms with van der Waals surface area (Å²) in [6, 6.07) is 11.3. The first-order valence-electron chi connectivity index (χ1n) is 6.02. The minimum Gasteiger partial charge on any atom is -0.492 e. The average molecular weight is 243 g/mol. The molecule has 0 spiro atoms. The fraction of sp³-hybridized carbons (Fsp3) is 0.267. The van der Waals surface area contributed by atoms with Crippen molar-refractivity contribution in [3.05, 3.63) is 64.1 Å². The summed E-state index contributed by atoms with van der Waals surface area (Å²) in [5.74, 6) is 0.835. The Morgan fingerprint density at radius 1 is 1.00 bits per heavy atom. The van der Waals surface area contributed by atoms with E-state index in [9.17, 15) is 4.79 Å². The number of aryl methyl sites for hydroxylation is 2. The van der Waals surface area contributed by atoms with Crippen LogP contribution in [0.5, 0.6) is 5.75 Å². The summed E-state index contributed by atoms with van der Waals surface area (Å²) in [6.45, 7) is 5.06. The van der Waals surface area contributed by atoms with Crippen molar-refractivity contribution in [1.82, 2.24) is 4.57 Å². The van der Waals surface area contributed by atoms with Gasteiger partial charge in [-0.25, -0.2) is 0 Å². The maximum Gasteiger partial charge on any atom is 0.250 e. The van der Waals surface area contributed by atoms with Gasteiger partial charge in [-0.3, -0.25) is 4.79 Å². The van der Waals surface area contributed by atoms with Crippen molar-refractivity contribution in [1.29, 1.82) is 0 Å². The van der Waals surface area contributed by atoms with Crippen molar-refractivity contribution >= 4 is 0 Å². The number of aromatic nitrogens is 1. The molecular weight excluding hydrogens is 226 g/mol. The van der Waals surface area contributed by atoms with Crippen LogP contribution in [-0.2, 0) is 6.54 Å². The van der Waals surface area contributed by atoms with Crippen molar-refractivity contribution in [3.8, 4) is 5.75 Å². The zero-order chi connectivity index (χ0) is 13.0. The Balaban J connectivity index is 1.94. The number of ether oxygens (including phenoxy) is 1. The molecule has 1 heterocycles. The highest BCUT2D eigenvalue weighted by atomic mass is 16.5. The average Bonchev–Trinajstić information content (AvgIpc) is 2.36. The minimum atomic E-state index is 0.00751. The summed E-state index contributed by atoms with van der Waals surface area (Å²) in [5, 5.41) is 0. The summed E-state index contributed by atoms with van der Waals surface area (Å²) < 4.78 is 7.27. The topological polar surface area (TPSA) is 31.2 Å². The van der Waals surface area contributed by atoms with Gasteiger partial charge < -0.3 is 9.30 Å². The van der Waals surface area contributed by atoms with E-state index < -0.39 is 0 Å². The lowest BCUT2D eigenvalue weighted by atomic mass is 10.2. The van der Waals surface area contributed by atoms with E-state index in [0.29, 0.717) is 13.2 Å². The Kier molecular flexibility index (Phi) is 3.82. The summed E-state index contributed by atoms with van der Waals surface area (Å²) in [6.07, 6.45) is 1.85. The fourth-order valence-corrected chi connectivity index (χ4v) is 1.72. The normalized spacial score (nSPS) is 10.3.